The van der Waals surface area contributed by atoms with Crippen molar-refractivity contribution in [3.05, 3.63) is 45.7 Å². The Labute approximate surface area is 202 Å². The van der Waals surface area contributed by atoms with Crippen LogP contribution in [0.15, 0.2) is 36.4 Å². The fourth-order valence-electron chi connectivity index (χ4n) is 3.89. The molecule has 3 aromatic rings. The Kier molecular flexibility index (Phi) is 6.62. The van der Waals surface area contributed by atoms with Crippen LogP contribution in [0.3, 0.4) is 0 Å². The van der Waals surface area contributed by atoms with Crippen molar-refractivity contribution in [2.24, 2.45) is 0 Å². The molecule has 7 nitrogen and oxygen atoms in total. The fraction of sp³-hybridized carbons (Fsp3) is 0.417. The summed E-state index contributed by atoms with van der Waals surface area (Å²) in [5.41, 5.74) is 3.85. The first-order valence-electron chi connectivity index (χ1n) is 10.7. The van der Waals surface area contributed by atoms with Gasteiger partial charge in [0.1, 0.15) is 15.1 Å². The zero-order valence-corrected chi connectivity index (χ0v) is 21.1. The standard InChI is InChI=1S/C24H29IN4O3/c1-24(2,3)32-23(30)29-11-9-28(10-12-29)15-16-5-7-18(21(13-16)31-4)17-6-8-20-19(14-17)22(25)27-26-20/h5-8,13-14H,9-12,15H2,1-4H3,(H,26,27). The van der Waals surface area contributed by atoms with Crippen LogP contribution in [0.25, 0.3) is 22.0 Å². The van der Waals surface area contributed by atoms with Crippen molar-refractivity contribution in [1.29, 1.82) is 0 Å². The SMILES string of the molecule is COc1cc(CN2CCN(C(=O)OC(C)(C)C)CC2)ccc1-c1ccc2n[nH]c(I)c2c1. The van der Waals surface area contributed by atoms with E-state index < -0.39 is 5.60 Å². The molecule has 4 rings (SSSR count). The Bertz CT molecular complexity index is 1110. The minimum Gasteiger partial charge on any atom is -0.496 e. The molecule has 170 valence electrons. The van der Waals surface area contributed by atoms with Crippen molar-refractivity contribution >= 4 is 39.6 Å². The third-order valence-electron chi connectivity index (χ3n) is 5.51. The van der Waals surface area contributed by atoms with Gasteiger partial charge in [-0.3, -0.25) is 10.00 Å². The van der Waals surface area contributed by atoms with Crippen molar-refractivity contribution in [1.82, 2.24) is 20.0 Å². The number of benzene rings is 2. The maximum absolute atomic E-state index is 12.3. The highest BCUT2D eigenvalue weighted by atomic mass is 127. The first-order valence-corrected chi connectivity index (χ1v) is 11.8. The number of fused-ring (bicyclic) bond motifs is 1. The summed E-state index contributed by atoms with van der Waals surface area (Å²) < 4.78 is 12.3. The van der Waals surface area contributed by atoms with Crippen LogP contribution in [0.2, 0.25) is 0 Å². The van der Waals surface area contributed by atoms with Crippen LogP contribution in [0.4, 0.5) is 4.79 Å². The number of halogens is 1. The van der Waals surface area contributed by atoms with Crippen LogP contribution in [0.1, 0.15) is 26.3 Å². The van der Waals surface area contributed by atoms with Crippen LogP contribution >= 0.6 is 22.6 Å². The molecule has 0 atom stereocenters. The van der Waals surface area contributed by atoms with Gasteiger partial charge >= 0.3 is 6.09 Å². The molecular formula is C24H29IN4O3. The number of nitrogens with one attached hydrogen (secondary N) is 1. The number of H-pyrrole nitrogens is 1. The molecule has 1 aliphatic heterocycles. The summed E-state index contributed by atoms with van der Waals surface area (Å²) in [5, 5.41) is 8.44. The van der Waals surface area contributed by atoms with Gasteiger partial charge in [-0.2, -0.15) is 5.10 Å². The van der Waals surface area contributed by atoms with Gasteiger partial charge in [0.25, 0.3) is 0 Å². The van der Waals surface area contributed by atoms with Crippen LogP contribution in [0, 0.1) is 3.70 Å². The average molecular weight is 548 g/mol. The number of carbonyl (C=O) groups excluding carboxylic acids is 1. The lowest BCUT2D eigenvalue weighted by Crippen LogP contribution is -2.49. The largest absolute Gasteiger partial charge is 0.496 e. The lowest BCUT2D eigenvalue weighted by molar-refractivity contribution is 0.0139. The average Bonchev–Trinajstić information content (AvgIpc) is 3.13. The number of piperazine rings is 1. The molecule has 0 spiro atoms. The van der Waals surface area contributed by atoms with Gasteiger partial charge in [-0.15, -0.1) is 0 Å². The minimum absolute atomic E-state index is 0.229. The fourth-order valence-corrected chi connectivity index (χ4v) is 4.44. The topological polar surface area (TPSA) is 70.7 Å². The van der Waals surface area contributed by atoms with E-state index >= 15 is 0 Å². The van der Waals surface area contributed by atoms with E-state index in [2.05, 4.69) is 68.0 Å². The van der Waals surface area contributed by atoms with Gasteiger partial charge < -0.3 is 14.4 Å². The summed E-state index contributed by atoms with van der Waals surface area (Å²) in [7, 11) is 1.71. The number of hydrogen-bond acceptors (Lipinski definition) is 5. The number of rotatable bonds is 4. The summed E-state index contributed by atoms with van der Waals surface area (Å²) in [4.78, 5) is 16.4. The predicted octanol–water partition coefficient (Wildman–Crippen LogP) is 4.90. The maximum atomic E-state index is 12.3. The van der Waals surface area contributed by atoms with Crippen LogP contribution in [0.5, 0.6) is 5.75 Å². The van der Waals surface area contributed by atoms with Crippen LogP contribution < -0.4 is 4.74 Å². The van der Waals surface area contributed by atoms with Gasteiger partial charge in [0.15, 0.2) is 0 Å². The second-order valence-electron chi connectivity index (χ2n) is 9.05. The first-order chi connectivity index (χ1) is 15.2. The predicted molar refractivity (Wildman–Crippen MR) is 134 cm³/mol. The van der Waals surface area contributed by atoms with Gasteiger partial charge in [0.05, 0.1) is 12.6 Å². The van der Waals surface area contributed by atoms with E-state index in [1.807, 2.05) is 26.8 Å². The van der Waals surface area contributed by atoms with E-state index in [0.717, 1.165) is 51.1 Å². The van der Waals surface area contributed by atoms with Crippen LogP contribution in [-0.4, -0.2) is 65.0 Å². The molecule has 2 heterocycles. The monoisotopic (exact) mass is 548 g/mol. The number of amides is 1. The smallest absolute Gasteiger partial charge is 0.410 e. The number of methoxy groups -OCH3 is 1. The Morgan fingerprint density at radius 2 is 1.88 bits per heavy atom. The number of hydrogen-bond donors (Lipinski definition) is 1. The van der Waals surface area contributed by atoms with E-state index in [1.54, 1.807) is 12.0 Å². The molecule has 1 fully saturated rings. The van der Waals surface area contributed by atoms with E-state index in [0.29, 0.717) is 13.1 Å². The van der Waals surface area contributed by atoms with Crippen molar-refractivity contribution < 1.29 is 14.3 Å². The highest BCUT2D eigenvalue weighted by Gasteiger charge is 2.26. The number of aromatic amines is 1. The summed E-state index contributed by atoms with van der Waals surface area (Å²) in [5.74, 6) is 0.854. The molecular weight excluding hydrogens is 519 g/mol. The molecule has 0 saturated carbocycles. The van der Waals surface area contributed by atoms with E-state index in [4.69, 9.17) is 9.47 Å². The van der Waals surface area contributed by atoms with Gasteiger partial charge in [-0.25, -0.2) is 4.79 Å². The summed E-state index contributed by atoms with van der Waals surface area (Å²) in [6.07, 6.45) is -0.229. The molecule has 1 saturated heterocycles. The Hall–Kier alpha value is -2.33. The van der Waals surface area contributed by atoms with Gasteiger partial charge in [-0.1, -0.05) is 18.2 Å². The molecule has 0 unspecified atom stereocenters. The van der Waals surface area contributed by atoms with E-state index in [1.165, 1.54) is 5.56 Å². The second kappa shape index (κ2) is 9.27. The maximum Gasteiger partial charge on any atom is 0.410 e. The lowest BCUT2D eigenvalue weighted by Gasteiger charge is -2.35. The summed E-state index contributed by atoms with van der Waals surface area (Å²) in [6.45, 7) is 9.49. The van der Waals surface area contributed by atoms with Crippen molar-refractivity contribution in [3.63, 3.8) is 0 Å². The number of nitrogens with zero attached hydrogens (tertiary/aromatic N) is 3. The molecule has 32 heavy (non-hydrogen) atoms. The van der Waals surface area contributed by atoms with Gasteiger partial charge in [0.2, 0.25) is 0 Å². The number of ether oxygens (including phenoxy) is 2. The number of carbonyl (C=O) groups is 1. The quantitative estimate of drug-likeness (QED) is 0.470. The van der Waals surface area contributed by atoms with Crippen molar-refractivity contribution in [2.45, 2.75) is 32.9 Å². The highest BCUT2D eigenvalue weighted by molar-refractivity contribution is 14.1. The molecule has 0 bridgehead atoms. The van der Waals surface area contributed by atoms with E-state index in [-0.39, 0.29) is 6.09 Å². The molecule has 8 heteroatoms. The van der Waals surface area contributed by atoms with E-state index in [9.17, 15) is 4.79 Å². The summed E-state index contributed by atoms with van der Waals surface area (Å²) >= 11 is 2.27. The third-order valence-corrected chi connectivity index (χ3v) is 6.34. The zero-order chi connectivity index (χ0) is 22.9. The van der Waals surface area contributed by atoms with Gasteiger partial charge in [-0.05, 0) is 72.7 Å². The molecule has 1 aromatic heterocycles. The Morgan fingerprint density at radius 1 is 1.12 bits per heavy atom. The molecule has 1 amide bonds. The third kappa shape index (κ3) is 5.17. The summed E-state index contributed by atoms with van der Waals surface area (Å²) in [6, 6.07) is 12.6. The normalized spacial score (nSPS) is 15.2. The minimum atomic E-state index is -0.465. The Morgan fingerprint density at radius 3 is 2.56 bits per heavy atom. The molecule has 1 aliphatic rings. The number of aromatic nitrogens is 2. The van der Waals surface area contributed by atoms with Gasteiger partial charge in [0, 0.05) is 43.7 Å². The first kappa shape index (κ1) is 22.8. The molecule has 1 N–H and O–H groups in total. The second-order valence-corrected chi connectivity index (χ2v) is 10.1. The Balaban J connectivity index is 1.43. The molecule has 2 aromatic carbocycles. The highest BCUT2D eigenvalue weighted by Crippen LogP contribution is 2.33. The molecule has 0 aliphatic carbocycles. The van der Waals surface area contributed by atoms with Crippen molar-refractivity contribution in [3.8, 4) is 16.9 Å². The molecule has 0 radical (unpaired) electrons. The zero-order valence-electron chi connectivity index (χ0n) is 18.9. The van der Waals surface area contributed by atoms with Crippen molar-refractivity contribution in [2.75, 3.05) is 33.3 Å². The lowest BCUT2D eigenvalue weighted by atomic mass is 10.0. The van der Waals surface area contributed by atoms with Crippen LogP contribution in [-0.2, 0) is 11.3 Å².